The van der Waals surface area contributed by atoms with Crippen molar-refractivity contribution in [1.29, 1.82) is 0 Å². The van der Waals surface area contributed by atoms with Crippen LogP contribution in [0.5, 0.6) is 0 Å². The number of thioether (sulfide) groups is 1. The van der Waals surface area contributed by atoms with Gasteiger partial charge in [0.1, 0.15) is 0 Å². The maximum Gasteiger partial charge on any atom is 0.0718 e. The molecule has 0 aromatic carbocycles. The second-order valence-corrected chi connectivity index (χ2v) is 4.13. The van der Waals surface area contributed by atoms with Crippen molar-refractivity contribution in [2.45, 2.75) is 18.7 Å². The minimum atomic E-state index is 0.234. The molecule has 0 atom stereocenters. The Kier molecular flexibility index (Phi) is 1.80. The van der Waals surface area contributed by atoms with Gasteiger partial charge in [-0.05, 0) is 13.8 Å². The third-order valence-corrected chi connectivity index (χ3v) is 2.31. The molecule has 48 valence electrons. The summed E-state index contributed by atoms with van der Waals surface area (Å²) in [7, 11) is 0. The van der Waals surface area contributed by atoms with E-state index in [2.05, 4.69) is 24.7 Å². The first-order valence-corrected chi connectivity index (χ1v) is 3.83. The first-order chi connectivity index (χ1) is 3.71. The van der Waals surface area contributed by atoms with Gasteiger partial charge in [-0.1, -0.05) is 0 Å². The number of hydrazine groups is 1. The molecule has 0 aliphatic carbocycles. The first kappa shape index (κ1) is 6.39. The lowest BCUT2D eigenvalue weighted by atomic mass is 10.4. The zero-order valence-corrected chi connectivity index (χ0v) is 6.14. The topological polar surface area (TPSA) is 24.1 Å². The van der Waals surface area contributed by atoms with E-state index in [1.165, 1.54) is 5.75 Å². The van der Waals surface area contributed by atoms with E-state index in [1.54, 1.807) is 0 Å². The molecule has 2 nitrogen and oxygen atoms in total. The van der Waals surface area contributed by atoms with Gasteiger partial charge in [0.2, 0.25) is 0 Å². The van der Waals surface area contributed by atoms with Gasteiger partial charge in [0.15, 0.2) is 0 Å². The van der Waals surface area contributed by atoms with Crippen molar-refractivity contribution >= 4 is 11.8 Å². The van der Waals surface area contributed by atoms with Crippen LogP contribution >= 0.6 is 11.8 Å². The summed E-state index contributed by atoms with van der Waals surface area (Å²) in [5.74, 6) is 1.21. The third kappa shape index (κ3) is 1.65. The number of rotatable bonds is 0. The van der Waals surface area contributed by atoms with E-state index in [-0.39, 0.29) is 4.87 Å². The first-order valence-electron chi connectivity index (χ1n) is 2.85. The van der Waals surface area contributed by atoms with Gasteiger partial charge in [0, 0.05) is 12.3 Å². The summed E-state index contributed by atoms with van der Waals surface area (Å²) in [6, 6.07) is 0. The minimum absolute atomic E-state index is 0.234. The molecular weight excluding hydrogens is 120 g/mol. The fraction of sp³-hybridized carbons (Fsp3) is 1.00. The summed E-state index contributed by atoms with van der Waals surface area (Å²) in [6.45, 7) is 5.42. The zero-order chi connectivity index (χ0) is 6.04. The summed E-state index contributed by atoms with van der Waals surface area (Å²) >= 11 is 1.95. The number of nitrogens with one attached hydrogen (secondary N) is 2. The molecule has 1 heterocycles. The van der Waals surface area contributed by atoms with Crippen LogP contribution in [0.15, 0.2) is 0 Å². The fourth-order valence-corrected chi connectivity index (χ4v) is 1.53. The summed E-state index contributed by atoms with van der Waals surface area (Å²) < 4.78 is 0. The molecule has 3 heteroatoms. The van der Waals surface area contributed by atoms with E-state index in [1.807, 2.05) is 11.8 Å². The van der Waals surface area contributed by atoms with Crippen molar-refractivity contribution < 1.29 is 0 Å². The summed E-state index contributed by atoms with van der Waals surface area (Å²) in [5.41, 5.74) is 6.28. The number of hydrogen-bond donors (Lipinski definition) is 2. The highest BCUT2D eigenvalue weighted by Crippen LogP contribution is 2.21. The van der Waals surface area contributed by atoms with Gasteiger partial charge in [-0.2, -0.15) is 0 Å². The van der Waals surface area contributed by atoms with Crippen LogP contribution in [0.25, 0.3) is 0 Å². The summed E-state index contributed by atoms with van der Waals surface area (Å²) in [5, 5.41) is 0. The quantitative estimate of drug-likeness (QED) is 0.503. The highest BCUT2D eigenvalue weighted by atomic mass is 32.2. The van der Waals surface area contributed by atoms with Crippen LogP contribution in [0.2, 0.25) is 0 Å². The number of hydrogen-bond acceptors (Lipinski definition) is 3. The van der Waals surface area contributed by atoms with Crippen LogP contribution in [0.4, 0.5) is 0 Å². The van der Waals surface area contributed by atoms with Gasteiger partial charge in [-0.15, -0.1) is 11.8 Å². The lowest BCUT2D eigenvalue weighted by molar-refractivity contribution is 0.438. The highest BCUT2D eigenvalue weighted by molar-refractivity contribution is 8.00. The van der Waals surface area contributed by atoms with E-state index in [9.17, 15) is 0 Å². The van der Waals surface area contributed by atoms with Crippen molar-refractivity contribution in [2.24, 2.45) is 0 Å². The Balaban J connectivity index is 2.33. The predicted octanol–water partition coefficient (Wildman–Crippen LogP) is 0.564. The normalized spacial score (nSPS) is 27.8. The van der Waals surface area contributed by atoms with Crippen LogP contribution in [-0.2, 0) is 0 Å². The van der Waals surface area contributed by atoms with Crippen LogP contribution < -0.4 is 10.9 Å². The molecule has 0 aromatic rings. The smallest absolute Gasteiger partial charge is 0.0718 e. The molecule has 0 unspecified atom stereocenters. The average Bonchev–Trinajstić information content (AvgIpc) is 1.65. The monoisotopic (exact) mass is 132 g/mol. The van der Waals surface area contributed by atoms with Gasteiger partial charge in [-0.3, -0.25) is 5.43 Å². The largest absolute Gasteiger partial charge is 0.256 e. The van der Waals surface area contributed by atoms with Crippen molar-refractivity contribution in [3.8, 4) is 0 Å². The molecule has 8 heavy (non-hydrogen) atoms. The Hall–Kier alpha value is 0.270. The molecule has 0 spiro atoms. The molecule has 0 saturated carbocycles. The van der Waals surface area contributed by atoms with Crippen molar-refractivity contribution in [3.05, 3.63) is 0 Å². The van der Waals surface area contributed by atoms with E-state index in [4.69, 9.17) is 0 Å². The molecule has 1 rings (SSSR count). The van der Waals surface area contributed by atoms with Crippen LogP contribution in [-0.4, -0.2) is 17.2 Å². The Morgan fingerprint density at radius 2 is 2.25 bits per heavy atom. The van der Waals surface area contributed by atoms with Gasteiger partial charge < -0.3 is 0 Å². The van der Waals surface area contributed by atoms with E-state index < -0.39 is 0 Å². The fourth-order valence-electron chi connectivity index (χ4n) is 0.669. The maximum absolute atomic E-state index is 3.17. The summed E-state index contributed by atoms with van der Waals surface area (Å²) in [6.07, 6.45) is 0. The van der Waals surface area contributed by atoms with Crippen molar-refractivity contribution in [1.82, 2.24) is 10.9 Å². The van der Waals surface area contributed by atoms with E-state index in [0.717, 1.165) is 6.54 Å². The molecule has 1 fully saturated rings. The second-order valence-electron chi connectivity index (χ2n) is 2.41. The molecule has 0 bridgehead atoms. The van der Waals surface area contributed by atoms with Gasteiger partial charge in [-0.25, -0.2) is 5.43 Å². The van der Waals surface area contributed by atoms with Gasteiger partial charge in [0.25, 0.3) is 0 Å². The molecule has 0 radical (unpaired) electrons. The van der Waals surface area contributed by atoms with Crippen LogP contribution in [0, 0.1) is 0 Å². The maximum atomic E-state index is 3.17. The van der Waals surface area contributed by atoms with E-state index in [0.29, 0.717) is 0 Å². The van der Waals surface area contributed by atoms with Crippen molar-refractivity contribution in [3.63, 3.8) is 0 Å². The van der Waals surface area contributed by atoms with Crippen LogP contribution in [0.1, 0.15) is 13.8 Å². The standard InChI is InChI=1S/C5H12N2S/c1-5(2)7-6-3-4-8-5/h6-7H,3-4H2,1-2H3. The van der Waals surface area contributed by atoms with Crippen molar-refractivity contribution in [2.75, 3.05) is 12.3 Å². The zero-order valence-electron chi connectivity index (χ0n) is 5.32. The second kappa shape index (κ2) is 2.25. The third-order valence-electron chi connectivity index (χ3n) is 1.08. The molecule has 1 saturated heterocycles. The minimum Gasteiger partial charge on any atom is -0.256 e. The molecule has 1 aliphatic rings. The predicted molar refractivity (Wildman–Crippen MR) is 37.7 cm³/mol. The van der Waals surface area contributed by atoms with Gasteiger partial charge in [0.05, 0.1) is 4.87 Å². The Morgan fingerprint density at radius 1 is 1.50 bits per heavy atom. The Morgan fingerprint density at radius 3 is 2.50 bits per heavy atom. The van der Waals surface area contributed by atoms with Crippen LogP contribution in [0.3, 0.4) is 0 Å². The molecular formula is C5H12N2S. The van der Waals surface area contributed by atoms with Gasteiger partial charge >= 0.3 is 0 Å². The van der Waals surface area contributed by atoms with E-state index >= 15 is 0 Å². The summed E-state index contributed by atoms with van der Waals surface area (Å²) in [4.78, 5) is 0.234. The molecule has 1 aliphatic heterocycles. The lowest BCUT2D eigenvalue weighted by Gasteiger charge is -2.30. The Bertz CT molecular complexity index is 74.5. The molecule has 0 amide bonds. The molecule has 2 N–H and O–H groups in total. The SMILES string of the molecule is CC1(C)NNCCS1. The Labute approximate surface area is 54.4 Å². The highest BCUT2D eigenvalue weighted by Gasteiger charge is 2.19. The average molecular weight is 132 g/mol. The lowest BCUT2D eigenvalue weighted by Crippen LogP contribution is -2.51. The molecule has 0 aromatic heterocycles.